The quantitative estimate of drug-likeness (QED) is 0.297. The summed E-state index contributed by atoms with van der Waals surface area (Å²) in [5.74, 6) is 3.76. The van der Waals surface area contributed by atoms with Gasteiger partial charge in [0.1, 0.15) is 11.8 Å². The fourth-order valence-electron chi connectivity index (χ4n) is 11.0. The summed E-state index contributed by atoms with van der Waals surface area (Å²) in [5.41, 5.74) is 1.71. The molecule has 5 heteroatoms. The number of amides is 1. The van der Waals surface area contributed by atoms with E-state index in [0.29, 0.717) is 36.0 Å². The van der Waals surface area contributed by atoms with Gasteiger partial charge in [0, 0.05) is 32.2 Å². The van der Waals surface area contributed by atoms with E-state index in [1.54, 1.807) is 12.5 Å². The molecular weight excluding hydrogens is 474 g/mol. The number of allylic oxidation sites excluding steroid dienone is 1. The largest absolute Gasteiger partial charge is 0.462 e. The first-order valence-corrected chi connectivity index (χ1v) is 15.9. The van der Waals surface area contributed by atoms with E-state index in [4.69, 9.17) is 9.47 Å². The van der Waals surface area contributed by atoms with Crippen molar-refractivity contribution in [3.63, 3.8) is 0 Å². The summed E-state index contributed by atoms with van der Waals surface area (Å²) in [6, 6.07) is 0. The van der Waals surface area contributed by atoms with Gasteiger partial charge in [0.2, 0.25) is 5.91 Å². The maximum Gasteiger partial charge on any atom is 0.306 e. The van der Waals surface area contributed by atoms with Crippen LogP contribution in [0.5, 0.6) is 0 Å². The number of carbonyl (C=O) groups excluding carboxylic acids is 2. The molecule has 2 saturated heterocycles. The molecule has 2 aliphatic heterocycles. The molecule has 0 aromatic rings. The first kappa shape index (κ1) is 26.8. The van der Waals surface area contributed by atoms with Crippen LogP contribution in [0.1, 0.15) is 112 Å². The predicted octanol–water partition coefficient (Wildman–Crippen LogP) is 6.90. The Hall–Kier alpha value is -1.36. The van der Waals surface area contributed by atoms with Crippen LogP contribution < -0.4 is 0 Å². The van der Waals surface area contributed by atoms with E-state index >= 15 is 0 Å². The van der Waals surface area contributed by atoms with E-state index in [0.717, 1.165) is 57.4 Å². The minimum atomic E-state index is -0.391. The molecule has 11 atom stereocenters. The monoisotopic (exact) mass is 525 g/mol. The second kappa shape index (κ2) is 9.35. The molecule has 0 aromatic heterocycles. The minimum Gasteiger partial charge on any atom is -0.462 e. The van der Waals surface area contributed by atoms with Gasteiger partial charge < -0.3 is 14.4 Å². The molecule has 2 heterocycles. The third-order valence-corrected chi connectivity index (χ3v) is 12.8. The van der Waals surface area contributed by atoms with Crippen LogP contribution in [-0.4, -0.2) is 41.3 Å². The molecule has 5 nitrogen and oxygen atoms in total. The van der Waals surface area contributed by atoms with Crippen molar-refractivity contribution in [3.8, 4) is 0 Å². The number of likely N-dealkylation sites (tertiary alicyclic amines) is 1. The lowest BCUT2D eigenvalue weighted by atomic mass is 9.46. The molecule has 0 aromatic carbocycles. The number of piperidine rings is 1. The second-order valence-electron chi connectivity index (χ2n) is 14.7. The Labute approximate surface area is 230 Å². The average Bonchev–Trinajstić information content (AvgIpc) is 3.31. The molecule has 6 rings (SSSR count). The van der Waals surface area contributed by atoms with Crippen molar-refractivity contribution < 1.29 is 19.1 Å². The Morgan fingerprint density at radius 1 is 1.11 bits per heavy atom. The Balaban J connectivity index is 1.22. The Kier molecular flexibility index (Phi) is 6.60. The summed E-state index contributed by atoms with van der Waals surface area (Å²) in [7, 11) is 0. The van der Waals surface area contributed by atoms with Crippen LogP contribution in [-0.2, 0) is 19.1 Å². The number of hydrogen-bond donors (Lipinski definition) is 0. The number of ether oxygens (including phenoxy) is 2. The van der Waals surface area contributed by atoms with Gasteiger partial charge in [0.15, 0.2) is 0 Å². The summed E-state index contributed by atoms with van der Waals surface area (Å²) in [6.07, 6.45) is 14.4. The smallest absolute Gasteiger partial charge is 0.306 e. The third-order valence-electron chi connectivity index (χ3n) is 12.8. The maximum absolute atomic E-state index is 12.8. The lowest BCUT2D eigenvalue weighted by molar-refractivity contribution is -0.200. The van der Waals surface area contributed by atoms with Crippen LogP contribution >= 0.6 is 0 Å². The van der Waals surface area contributed by atoms with Gasteiger partial charge in [-0.05, 0) is 98.2 Å². The highest BCUT2D eigenvalue weighted by Gasteiger charge is 2.69. The standard InChI is InChI=1S/C33H51NO4/c1-7-8-29(36)37-24-12-14-31(5)23(17-24)9-10-25-26(31)13-15-32(6)27(25)18-28-30(32)21(3)33(38-28)16-11-20(2)19-34(33)22(4)35/h9,20-21,24-28,30H,7-8,10-19H2,1-6H3/t20-,21-,24-,25+,26-,27+,28+,30-,31-,32-,33+/m0/s1. The zero-order valence-corrected chi connectivity index (χ0v) is 24.8. The van der Waals surface area contributed by atoms with Crippen LogP contribution in [0.4, 0.5) is 0 Å². The highest BCUT2D eigenvalue weighted by atomic mass is 16.5. The molecule has 212 valence electrons. The van der Waals surface area contributed by atoms with Gasteiger partial charge in [-0.2, -0.15) is 0 Å². The van der Waals surface area contributed by atoms with Crippen molar-refractivity contribution in [3.05, 3.63) is 11.6 Å². The van der Waals surface area contributed by atoms with E-state index in [1.165, 1.54) is 19.3 Å². The fourth-order valence-corrected chi connectivity index (χ4v) is 11.0. The van der Waals surface area contributed by atoms with Crippen molar-refractivity contribution in [2.24, 2.45) is 46.3 Å². The van der Waals surface area contributed by atoms with Gasteiger partial charge in [-0.1, -0.05) is 46.3 Å². The maximum atomic E-state index is 12.8. The molecule has 0 radical (unpaired) electrons. The fraction of sp³-hybridized carbons (Fsp3) is 0.879. The first-order valence-electron chi connectivity index (χ1n) is 15.9. The van der Waals surface area contributed by atoms with Gasteiger partial charge in [0.25, 0.3) is 0 Å². The number of esters is 1. The van der Waals surface area contributed by atoms with Gasteiger partial charge in [0.05, 0.1) is 6.10 Å². The molecule has 6 aliphatic rings. The second-order valence-corrected chi connectivity index (χ2v) is 14.7. The highest BCUT2D eigenvalue weighted by Crippen LogP contribution is 2.70. The zero-order chi connectivity index (χ0) is 27.0. The van der Waals surface area contributed by atoms with Crippen molar-refractivity contribution >= 4 is 11.9 Å². The number of carbonyl (C=O) groups is 2. The molecule has 4 aliphatic carbocycles. The number of hydrogen-bond acceptors (Lipinski definition) is 4. The van der Waals surface area contributed by atoms with Crippen molar-refractivity contribution in [1.29, 1.82) is 0 Å². The molecule has 1 amide bonds. The Morgan fingerprint density at radius 3 is 2.63 bits per heavy atom. The van der Waals surface area contributed by atoms with Gasteiger partial charge in [-0.15, -0.1) is 0 Å². The SMILES string of the molecule is CCCC(=O)O[C@H]1CC[C@@]2(C)C(=CC[C@H]3[C@H]4C[C@H]5O[C@]6(CC[C@H](C)CN6C(C)=O)[C@@H](C)[C@@H]5[C@@]4(C)CC[C@@H]32)C1. The lowest BCUT2D eigenvalue weighted by Crippen LogP contribution is -2.60. The van der Waals surface area contributed by atoms with Crippen LogP contribution in [0, 0.1) is 46.3 Å². The molecule has 1 spiro atoms. The summed E-state index contributed by atoms with van der Waals surface area (Å²) >= 11 is 0. The van der Waals surface area contributed by atoms with Crippen molar-refractivity contribution in [2.75, 3.05) is 6.54 Å². The number of fused-ring (bicyclic) bond motifs is 7. The summed E-state index contributed by atoms with van der Waals surface area (Å²) in [4.78, 5) is 27.1. The average molecular weight is 526 g/mol. The molecular formula is C33H51NO4. The van der Waals surface area contributed by atoms with Gasteiger partial charge in [-0.3, -0.25) is 9.59 Å². The molecule has 0 unspecified atom stereocenters. The zero-order valence-electron chi connectivity index (χ0n) is 24.8. The summed E-state index contributed by atoms with van der Waals surface area (Å²) in [5, 5.41) is 0. The van der Waals surface area contributed by atoms with Gasteiger partial charge >= 0.3 is 5.97 Å². The molecule has 0 N–H and O–H groups in total. The lowest BCUT2D eigenvalue weighted by Gasteiger charge is -2.59. The van der Waals surface area contributed by atoms with E-state index in [2.05, 4.69) is 38.7 Å². The normalized spacial score (nSPS) is 49.5. The molecule has 5 fully saturated rings. The molecule has 38 heavy (non-hydrogen) atoms. The summed E-state index contributed by atoms with van der Waals surface area (Å²) < 4.78 is 13.0. The van der Waals surface area contributed by atoms with Crippen LogP contribution in [0.25, 0.3) is 0 Å². The molecule has 0 bridgehead atoms. The Morgan fingerprint density at radius 2 is 1.89 bits per heavy atom. The van der Waals surface area contributed by atoms with E-state index in [1.807, 2.05) is 6.92 Å². The molecule has 3 saturated carbocycles. The van der Waals surface area contributed by atoms with Crippen LogP contribution in [0.3, 0.4) is 0 Å². The third kappa shape index (κ3) is 3.79. The van der Waals surface area contributed by atoms with E-state index in [9.17, 15) is 9.59 Å². The highest BCUT2D eigenvalue weighted by molar-refractivity contribution is 5.74. The topological polar surface area (TPSA) is 55.8 Å². The van der Waals surface area contributed by atoms with Crippen molar-refractivity contribution in [2.45, 2.75) is 130 Å². The Bertz CT molecular complexity index is 1010. The number of rotatable bonds is 3. The van der Waals surface area contributed by atoms with Gasteiger partial charge in [-0.25, -0.2) is 0 Å². The van der Waals surface area contributed by atoms with E-state index < -0.39 is 5.72 Å². The van der Waals surface area contributed by atoms with Crippen LogP contribution in [0.15, 0.2) is 11.6 Å². The van der Waals surface area contributed by atoms with E-state index in [-0.39, 0.29) is 34.9 Å². The summed E-state index contributed by atoms with van der Waals surface area (Å²) in [6.45, 7) is 14.4. The van der Waals surface area contributed by atoms with Crippen molar-refractivity contribution in [1.82, 2.24) is 4.90 Å². The number of nitrogens with zero attached hydrogens (tertiary/aromatic N) is 1. The van der Waals surface area contributed by atoms with Crippen LogP contribution in [0.2, 0.25) is 0 Å². The predicted molar refractivity (Wildman–Crippen MR) is 148 cm³/mol. The minimum absolute atomic E-state index is 0.0241. The first-order chi connectivity index (χ1) is 18.0.